The first-order valence-electron chi connectivity index (χ1n) is 7.45. The zero-order valence-corrected chi connectivity index (χ0v) is 15.9. The third-order valence-electron chi connectivity index (χ3n) is 3.11. The third kappa shape index (κ3) is 8.40. The Balaban J connectivity index is 2.33. The fourth-order valence-corrected chi connectivity index (χ4v) is 4.70. The highest BCUT2D eigenvalue weighted by molar-refractivity contribution is 8.47. The van der Waals surface area contributed by atoms with E-state index in [1.54, 1.807) is 11.8 Å². The van der Waals surface area contributed by atoms with Crippen LogP contribution in [0.2, 0.25) is 0 Å². The molecular formula is C17H21NO2S3. The van der Waals surface area contributed by atoms with Crippen LogP contribution in [0.25, 0.3) is 0 Å². The minimum atomic E-state index is -0.683. The van der Waals surface area contributed by atoms with Crippen LogP contribution >= 0.6 is 35.7 Å². The molecule has 0 heterocycles. The van der Waals surface area contributed by atoms with E-state index in [0.717, 1.165) is 14.8 Å². The molecule has 1 atom stereocenters. The zero-order valence-electron chi connectivity index (χ0n) is 13.4. The number of thioether (sulfide) groups is 2. The van der Waals surface area contributed by atoms with Crippen molar-refractivity contribution in [3.05, 3.63) is 35.9 Å². The molecule has 1 aromatic carbocycles. The van der Waals surface area contributed by atoms with E-state index in [0.29, 0.717) is 19.4 Å². The predicted octanol–water partition coefficient (Wildman–Crippen LogP) is 4.61. The Morgan fingerprint density at radius 3 is 2.70 bits per heavy atom. The van der Waals surface area contributed by atoms with Crippen molar-refractivity contribution >= 4 is 45.2 Å². The fraction of sp³-hybridized carbons (Fsp3) is 0.471. The van der Waals surface area contributed by atoms with E-state index in [1.165, 1.54) is 11.8 Å². The second-order valence-electron chi connectivity index (χ2n) is 5.08. The molecule has 0 aliphatic rings. The van der Waals surface area contributed by atoms with Gasteiger partial charge in [0, 0.05) is 12.8 Å². The molecule has 1 unspecified atom stereocenters. The Morgan fingerprint density at radius 2 is 2.09 bits per heavy atom. The largest absolute Gasteiger partial charge is 0.465 e. The standard InChI is InChI=1S/C17H21NO2S3/c1-3-22-16(21)23-17(2,13-18)11-9-15(19)20-12-10-14-7-5-4-6-8-14/h4-8H,3,9-12H2,1-2H3. The molecule has 0 fully saturated rings. The number of rotatable bonds is 8. The summed E-state index contributed by atoms with van der Waals surface area (Å²) in [5.41, 5.74) is 1.14. The van der Waals surface area contributed by atoms with E-state index >= 15 is 0 Å². The van der Waals surface area contributed by atoms with Crippen molar-refractivity contribution in [1.82, 2.24) is 0 Å². The number of nitriles is 1. The number of ether oxygens (including phenoxy) is 1. The number of esters is 1. The van der Waals surface area contributed by atoms with Crippen LogP contribution in [-0.2, 0) is 16.0 Å². The van der Waals surface area contributed by atoms with E-state index in [-0.39, 0.29) is 12.4 Å². The van der Waals surface area contributed by atoms with Gasteiger partial charge in [-0.1, -0.05) is 61.2 Å². The number of hydrogen-bond donors (Lipinski definition) is 0. The summed E-state index contributed by atoms with van der Waals surface area (Å²) in [6, 6.07) is 12.1. The van der Waals surface area contributed by atoms with Crippen LogP contribution in [0.4, 0.5) is 0 Å². The highest BCUT2D eigenvalue weighted by Gasteiger charge is 2.28. The Hall–Kier alpha value is -1.03. The minimum Gasteiger partial charge on any atom is -0.465 e. The van der Waals surface area contributed by atoms with Gasteiger partial charge in [0.2, 0.25) is 0 Å². The van der Waals surface area contributed by atoms with Gasteiger partial charge in [-0.25, -0.2) is 0 Å². The molecule has 1 aromatic rings. The van der Waals surface area contributed by atoms with Crippen molar-refractivity contribution in [2.45, 2.75) is 37.9 Å². The van der Waals surface area contributed by atoms with Gasteiger partial charge < -0.3 is 4.74 Å². The summed E-state index contributed by atoms with van der Waals surface area (Å²) in [5, 5.41) is 9.35. The molecule has 0 saturated carbocycles. The Bertz CT molecular complexity index is 557. The molecule has 23 heavy (non-hydrogen) atoms. The van der Waals surface area contributed by atoms with Gasteiger partial charge in [-0.05, 0) is 24.7 Å². The highest BCUT2D eigenvalue weighted by atomic mass is 32.2. The van der Waals surface area contributed by atoms with E-state index in [4.69, 9.17) is 17.0 Å². The monoisotopic (exact) mass is 367 g/mol. The van der Waals surface area contributed by atoms with Crippen molar-refractivity contribution in [3.63, 3.8) is 0 Å². The van der Waals surface area contributed by atoms with Crippen molar-refractivity contribution in [3.8, 4) is 6.07 Å². The molecule has 1 rings (SSSR count). The van der Waals surface area contributed by atoms with Gasteiger partial charge >= 0.3 is 5.97 Å². The van der Waals surface area contributed by atoms with Gasteiger partial charge in [0.1, 0.15) is 8.28 Å². The molecule has 0 N–H and O–H groups in total. The molecule has 6 heteroatoms. The maximum absolute atomic E-state index is 11.8. The van der Waals surface area contributed by atoms with Gasteiger partial charge in [0.25, 0.3) is 0 Å². The first-order chi connectivity index (χ1) is 11.0. The number of thiocarbonyl (C=S) groups is 1. The summed E-state index contributed by atoms with van der Waals surface area (Å²) in [4.78, 5) is 11.8. The fourth-order valence-electron chi connectivity index (χ4n) is 1.80. The van der Waals surface area contributed by atoms with E-state index in [9.17, 15) is 10.1 Å². The highest BCUT2D eigenvalue weighted by Crippen LogP contribution is 2.34. The smallest absolute Gasteiger partial charge is 0.305 e. The second kappa shape index (κ2) is 10.7. The van der Waals surface area contributed by atoms with Gasteiger partial charge in [0.05, 0.1) is 12.7 Å². The number of hydrogen-bond acceptors (Lipinski definition) is 6. The molecule has 0 aromatic heterocycles. The SMILES string of the molecule is CCSC(=S)SC(C)(C#N)CCC(=O)OCCc1ccccc1. The molecule has 0 radical (unpaired) electrons. The topological polar surface area (TPSA) is 50.1 Å². The molecule has 0 aliphatic heterocycles. The first-order valence-corrected chi connectivity index (χ1v) is 9.66. The number of carbonyl (C=O) groups is 1. The van der Waals surface area contributed by atoms with Crippen LogP contribution < -0.4 is 0 Å². The number of nitrogens with zero attached hydrogens (tertiary/aromatic N) is 1. The van der Waals surface area contributed by atoms with E-state index in [2.05, 4.69) is 6.07 Å². The van der Waals surface area contributed by atoms with Gasteiger partial charge in [-0.3, -0.25) is 4.79 Å². The molecule has 0 saturated heterocycles. The Morgan fingerprint density at radius 1 is 1.39 bits per heavy atom. The lowest BCUT2D eigenvalue weighted by Crippen LogP contribution is -2.21. The molecule has 0 spiro atoms. The normalized spacial score (nSPS) is 12.9. The van der Waals surface area contributed by atoms with Crippen molar-refractivity contribution in [2.24, 2.45) is 0 Å². The Kier molecular flexibility index (Phi) is 9.30. The van der Waals surface area contributed by atoms with Crippen molar-refractivity contribution in [2.75, 3.05) is 12.4 Å². The lowest BCUT2D eigenvalue weighted by atomic mass is 10.1. The van der Waals surface area contributed by atoms with Gasteiger partial charge in [-0.2, -0.15) is 5.26 Å². The van der Waals surface area contributed by atoms with Crippen LogP contribution in [-0.4, -0.2) is 26.6 Å². The molecular weight excluding hydrogens is 346 g/mol. The van der Waals surface area contributed by atoms with Crippen LogP contribution in [0.3, 0.4) is 0 Å². The average molecular weight is 368 g/mol. The molecule has 124 valence electrons. The molecule has 0 bridgehead atoms. The molecule has 0 amide bonds. The summed E-state index contributed by atoms with van der Waals surface area (Å²) in [6.07, 6.45) is 1.36. The number of benzene rings is 1. The van der Waals surface area contributed by atoms with Crippen LogP contribution in [0, 0.1) is 11.3 Å². The molecule has 0 aliphatic carbocycles. The van der Waals surface area contributed by atoms with Gasteiger partial charge in [-0.15, -0.1) is 11.8 Å². The lowest BCUT2D eigenvalue weighted by molar-refractivity contribution is -0.143. The maximum atomic E-state index is 11.8. The average Bonchev–Trinajstić information content (AvgIpc) is 2.54. The maximum Gasteiger partial charge on any atom is 0.305 e. The van der Waals surface area contributed by atoms with E-state index in [1.807, 2.05) is 44.2 Å². The van der Waals surface area contributed by atoms with Crippen LogP contribution in [0.5, 0.6) is 0 Å². The van der Waals surface area contributed by atoms with E-state index < -0.39 is 4.75 Å². The summed E-state index contributed by atoms with van der Waals surface area (Å²) in [7, 11) is 0. The van der Waals surface area contributed by atoms with Crippen molar-refractivity contribution in [1.29, 1.82) is 5.26 Å². The zero-order chi connectivity index (χ0) is 17.1. The van der Waals surface area contributed by atoms with Gasteiger partial charge in [0.15, 0.2) is 0 Å². The summed E-state index contributed by atoms with van der Waals surface area (Å²) >= 11 is 8.14. The minimum absolute atomic E-state index is 0.227. The summed E-state index contributed by atoms with van der Waals surface area (Å²) < 4.78 is 5.30. The van der Waals surface area contributed by atoms with Crippen LogP contribution in [0.1, 0.15) is 32.3 Å². The summed E-state index contributed by atoms with van der Waals surface area (Å²) in [6.45, 7) is 4.20. The predicted molar refractivity (Wildman–Crippen MR) is 103 cm³/mol. The quantitative estimate of drug-likeness (QED) is 0.494. The summed E-state index contributed by atoms with van der Waals surface area (Å²) in [5.74, 6) is 0.617. The number of carbonyl (C=O) groups excluding carboxylic acids is 1. The third-order valence-corrected chi connectivity index (χ3v) is 5.75. The second-order valence-corrected chi connectivity index (χ2v) is 9.05. The van der Waals surface area contributed by atoms with Crippen molar-refractivity contribution < 1.29 is 9.53 Å². The Labute approximate surface area is 152 Å². The lowest BCUT2D eigenvalue weighted by Gasteiger charge is -2.20. The molecule has 3 nitrogen and oxygen atoms in total. The first kappa shape index (κ1) is 20.0. The van der Waals surface area contributed by atoms with Crippen LogP contribution in [0.15, 0.2) is 30.3 Å².